The van der Waals surface area contributed by atoms with Crippen LogP contribution >= 0.6 is 43.2 Å². The van der Waals surface area contributed by atoms with Gasteiger partial charge < -0.3 is 5.32 Å². The number of rotatable bonds is 2. The number of nitrogens with one attached hydrogen (secondary N) is 1. The van der Waals surface area contributed by atoms with Gasteiger partial charge in [-0.15, -0.1) is 11.3 Å². The Kier molecular flexibility index (Phi) is 3.88. The summed E-state index contributed by atoms with van der Waals surface area (Å²) in [6.07, 6.45) is 0.0179. The molecule has 18 heavy (non-hydrogen) atoms. The molecule has 1 aromatic rings. The molecule has 0 aliphatic carbocycles. The van der Waals surface area contributed by atoms with Crippen LogP contribution in [0.1, 0.15) is 16.8 Å². The Hall–Kier alpha value is -0.730. The summed E-state index contributed by atoms with van der Waals surface area (Å²) in [7, 11) is 1.41. The number of likely N-dealkylation sites (tertiary alicyclic amines) is 1. The molecule has 5 nitrogen and oxygen atoms in total. The first-order valence-electron chi connectivity index (χ1n) is 4.96. The van der Waals surface area contributed by atoms with E-state index in [1.165, 1.54) is 18.4 Å². The van der Waals surface area contributed by atoms with Gasteiger partial charge in [-0.3, -0.25) is 19.3 Å². The second kappa shape index (κ2) is 5.10. The number of amides is 3. The van der Waals surface area contributed by atoms with Crippen molar-refractivity contribution in [3.05, 3.63) is 19.2 Å². The highest BCUT2D eigenvalue weighted by Crippen LogP contribution is 2.31. The van der Waals surface area contributed by atoms with Gasteiger partial charge in [0.15, 0.2) is 0 Å². The predicted octanol–water partition coefficient (Wildman–Crippen LogP) is 1.76. The average molecular weight is 396 g/mol. The summed E-state index contributed by atoms with van der Waals surface area (Å²) in [5, 5.41) is 2.56. The fourth-order valence-electron chi connectivity index (χ4n) is 1.60. The fourth-order valence-corrected chi connectivity index (χ4v) is 4.39. The molecule has 0 spiro atoms. The van der Waals surface area contributed by atoms with Crippen LogP contribution in [-0.2, 0) is 9.59 Å². The Morgan fingerprint density at radius 1 is 1.50 bits per heavy atom. The summed E-state index contributed by atoms with van der Waals surface area (Å²) < 4.78 is 1.49. The maximum Gasteiger partial charge on any atom is 0.253 e. The number of hydrogen-bond donors (Lipinski definition) is 1. The van der Waals surface area contributed by atoms with E-state index in [1.807, 2.05) is 0 Å². The van der Waals surface area contributed by atoms with Crippen molar-refractivity contribution in [2.24, 2.45) is 0 Å². The van der Waals surface area contributed by atoms with Gasteiger partial charge in [0.1, 0.15) is 6.04 Å². The summed E-state index contributed by atoms with van der Waals surface area (Å²) in [6.45, 7) is 0. The molecule has 1 fully saturated rings. The Balaban J connectivity index is 2.11. The van der Waals surface area contributed by atoms with Crippen LogP contribution in [0, 0.1) is 0 Å². The normalized spacial score (nSPS) is 19.5. The van der Waals surface area contributed by atoms with E-state index in [-0.39, 0.29) is 24.1 Å². The minimum absolute atomic E-state index is 0.0179. The Morgan fingerprint density at radius 2 is 2.17 bits per heavy atom. The lowest BCUT2D eigenvalue weighted by Crippen LogP contribution is -2.40. The molecule has 1 saturated heterocycles. The van der Waals surface area contributed by atoms with Crippen LogP contribution in [-0.4, -0.2) is 35.7 Å². The van der Waals surface area contributed by atoms with Gasteiger partial charge in [0.2, 0.25) is 5.91 Å². The van der Waals surface area contributed by atoms with Gasteiger partial charge in [0, 0.05) is 7.05 Å². The minimum Gasteiger partial charge on any atom is -0.340 e. The third kappa shape index (κ3) is 2.50. The van der Waals surface area contributed by atoms with Gasteiger partial charge in [-0.25, -0.2) is 0 Å². The van der Waals surface area contributed by atoms with E-state index in [0.717, 1.165) is 8.69 Å². The van der Waals surface area contributed by atoms with E-state index in [0.29, 0.717) is 9.35 Å². The van der Waals surface area contributed by atoms with Crippen molar-refractivity contribution in [3.63, 3.8) is 0 Å². The Morgan fingerprint density at radius 3 is 2.61 bits per heavy atom. The van der Waals surface area contributed by atoms with Gasteiger partial charge in [-0.2, -0.15) is 0 Å². The maximum absolute atomic E-state index is 12.0. The first-order valence-corrected chi connectivity index (χ1v) is 7.36. The smallest absolute Gasteiger partial charge is 0.253 e. The SMILES string of the molecule is CN1C(=O)CC(NC(=O)c2cc(Br)sc2Br)C1=O. The van der Waals surface area contributed by atoms with Crippen LogP contribution in [0.25, 0.3) is 0 Å². The molecule has 3 amide bonds. The first kappa shape index (κ1) is 13.7. The second-order valence-electron chi connectivity index (χ2n) is 3.76. The molecule has 2 heterocycles. The van der Waals surface area contributed by atoms with Crippen molar-refractivity contribution >= 4 is 60.9 Å². The summed E-state index contributed by atoms with van der Waals surface area (Å²) in [6, 6.07) is 0.898. The molecule has 0 radical (unpaired) electrons. The van der Waals surface area contributed by atoms with Crippen molar-refractivity contribution in [2.45, 2.75) is 12.5 Å². The molecule has 0 bridgehead atoms. The second-order valence-corrected chi connectivity index (χ2v) is 7.51. The quantitative estimate of drug-likeness (QED) is 0.776. The number of likely N-dealkylation sites (N-methyl/N-ethyl adjacent to an activating group) is 1. The van der Waals surface area contributed by atoms with Gasteiger partial charge in [-0.1, -0.05) is 0 Å². The molecule has 8 heteroatoms. The Bertz CT molecular complexity index is 543. The zero-order chi connectivity index (χ0) is 13.4. The van der Waals surface area contributed by atoms with Crippen LogP contribution in [0.2, 0.25) is 0 Å². The molecule has 1 unspecified atom stereocenters. The van der Waals surface area contributed by atoms with Gasteiger partial charge in [-0.05, 0) is 37.9 Å². The Labute approximate surface area is 124 Å². The topological polar surface area (TPSA) is 66.5 Å². The van der Waals surface area contributed by atoms with Gasteiger partial charge in [0.25, 0.3) is 11.8 Å². The van der Waals surface area contributed by atoms with E-state index in [2.05, 4.69) is 37.2 Å². The van der Waals surface area contributed by atoms with Crippen molar-refractivity contribution in [1.29, 1.82) is 0 Å². The highest BCUT2D eigenvalue weighted by Gasteiger charge is 2.37. The molecule has 1 aromatic heterocycles. The van der Waals surface area contributed by atoms with Crippen molar-refractivity contribution in [2.75, 3.05) is 7.05 Å². The third-order valence-electron chi connectivity index (χ3n) is 2.59. The summed E-state index contributed by atoms with van der Waals surface area (Å²) in [5.41, 5.74) is 0.446. The maximum atomic E-state index is 12.0. The van der Waals surface area contributed by atoms with Gasteiger partial charge in [0.05, 0.1) is 19.6 Å². The lowest BCUT2D eigenvalue weighted by Gasteiger charge is -2.10. The lowest BCUT2D eigenvalue weighted by atomic mass is 10.2. The largest absolute Gasteiger partial charge is 0.340 e. The third-order valence-corrected chi connectivity index (χ3v) is 4.93. The molecule has 0 saturated carbocycles. The summed E-state index contributed by atoms with van der Waals surface area (Å²) in [4.78, 5) is 36.0. The highest BCUT2D eigenvalue weighted by molar-refractivity contribution is 9.12. The predicted molar refractivity (Wildman–Crippen MR) is 73.4 cm³/mol. The molecule has 1 N–H and O–H groups in total. The van der Waals surface area contributed by atoms with Crippen LogP contribution in [0.5, 0.6) is 0 Å². The summed E-state index contributed by atoms with van der Waals surface area (Å²) in [5.74, 6) is -1.03. The average Bonchev–Trinajstić information content (AvgIpc) is 2.75. The van der Waals surface area contributed by atoms with Crippen LogP contribution in [0.4, 0.5) is 0 Å². The van der Waals surface area contributed by atoms with E-state index < -0.39 is 6.04 Å². The molecular formula is C10H8Br2N2O3S. The van der Waals surface area contributed by atoms with Crippen LogP contribution < -0.4 is 5.32 Å². The number of thiophene rings is 1. The monoisotopic (exact) mass is 394 g/mol. The standard InChI is InChI=1S/C10H8Br2N2O3S/c1-14-7(15)3-5(10(14)17)13-9(16)4-2-6(11)18-8(4)12/h2,5H,3H2,1H3,(H,13,16). The number of nitrogens with zero attached hydrogens (tertiary/aromatic N) is 1. The van der Waals surface area contributed by atoms with E-state index >= 15 is 0 Å². The molecule has 1 atom stereocenters. The highest BCUT2D eigenvalue weighted by atomic mass is 79.9. The zero-order valence-corrected chi connectivity index (χ0v) is 13.2. The number of hydrogen-bond acceptors (Lipinski definition) is 4. The van der Waals surface area contributed by atoms with Crippen LogP contribution in [0.3, 0.4) is 0 Å². The number of halogens is 2. The number of imide groups is 1. The molecule has 96 valence electrons. The number of carbonyl (C=O) groups is 3. The minimum atomic E-state index is -0.763. The fraction of sp³-hybridized carbons (Fsp3) is 0.300. The van der Waals surface area contributed by atoms with Gasteiger partial charge >= 0.3 is 0 Å². The van der Waals surface area contributed by atoms with Crippen molar-refractivity contribution in [1.82, 2.24) is 10.2 Å². The first-order chi connectivity index (χ1) is 8.40. The molecular weight excluding hydrogens is 388 g/mol. The molecule has 2 rings (SSSR count). The van der Waals surface area contributed by atoms with Crippen molar-refractivity contribution < 1.29 is 14.4 Å². The molecule has 1 aliphatic heterocycles. The molecule has 1 aliphatic rings. The van der Waals surface area contributed by atoms with Crippen molar-refractivity contribution in [3.8, 4) is 0 Å². The van der Waals surface area contributed by atoms with E-state index in [9.17, 15) is 14.4 Å². The molecule has 0 aromatic carbocycles. The number of carbonyl (C=O) groups excluding carboxylic acids is 3. The van der Waals surface area contributed by atoms with Crippen LogP contribution in [0.15, 0.2) is 13.6 Å². The lowest BCUT2D eigenvalue weighted by molar-refractivity contribution is -0.137. The van der Waals surface area contributed by atoms with E-state index in [4.69, 9.17) is 0 Å². The zero-order valence-electron chi connectivity index (χ0n) is 9.20. The van der Waals surface area contributed by atoms with E-state index in [1.54, 1.807) is 6.07 Å². The summed E-state index contributed by atoms with van der Waals surface area (Å²) >= 11 is 7.91.